The van der Waals surface area contributed by atoms with Crippen molar-refractivity contribution in [2.75, 3.05) is 4.72 Å². The fourth-order valence-electron chi connectivity index (χ4n) is 1.51. The average Bonchev–Trinajstić information content (AvgIpc) is 2.78. The normalized spacial score (nSPS) is 11.0. The summed E-state index contributed by atoms with van der Waals surface area (Å²) in [4.78, 5) is 0. The highest BCUT2D eigenvalue weighted by molar-refractivity contribution is 7.92. The molecule has 8 heteroatoms. The third-order valence-electron chi connectivity index (χ3n) is 2.39. The van der Waals surface area contributed by atoms with E-state index in [0.717, 1.165) is 12.1 Å². The predicted molar refractivity (Wildman–Crippen MR) is 65.1 cm³/mol. The number of aryl methyl sites for hydroxylation is 1. The molecule has 1 aromatic carbocycles. The summed E-state index contributed by atoms with van der Waals surface area (Å²) in [5, 5.41) is 12.4. The lowest BCUT2D eigenvalue weighted by Crippen LogP contribution is -2.16. The van der Waals surface area contributed by atoms with Crippen molar-refractivity contribution in [3.05, 3.63) is 41.8 Å². The molecule has 0 amide bonds. The summed E-state index contributed by atoms with van der Waals surface area (Å²) < 4.78 is 40.6. The molecule has 0 spiro atoms. The number of aromatic nitrogens is 2. The van der Waals surface area contributed by atoms with Crippen LogP contribution in [0, 0.1) is 17.1 Å². The van der Waals surface area contributed by atoms with Gasteiger partial charge in [0.15, 0.2) is 5.03 Å². The Kier molecular flexibility index (Phi) is 3.23. The van der Waals surface area contributed by atoms with Gasteiger partial charge < -0.3 is 0 Å². The molecular formula is C11H9FN4O2S. The molecule has 0 bridgehead atoms. The minimum Gasteiger partial charge on any atom is -0.278 e. The number of anilines is 1. The minimum atomic E-state index is -3.82. The van der Waals surface area contributed by atoms with Crippen LogP contribution in [0.25, 0.3) is 0 Å². The van der Waals surface area contributed by atoms with Crippen molar-refractivity contribution in [3.8, 4) is 6.07 Å². The first-order valence-corrected chi connectivity index (χ1v) is 6.63. The molecule has 1 aromatic heterocycles. The highest BCUT2D eigenvalue weighted by Gasteiger charge is 2.18. The zero-order valence-electron chi connectivity index (χ0n) is 9.83. The maximum atomic E-state index is 13.1. The van der Waals surface area contributed by atoms with E-state index in [4.69, 9.17) is 5.26 Å². The van der Waals surface area contributed by atoms with E-state index in [1.165, 1.54) is 30.1 Å². The fourth-order valence-corrected chi connectivity index (χ4v) is 2.68. The van der Waals surface area contributed by atoms with Crippen LogP contribution in [0.5, 0.6) is 0 Å². The molecule has 0 unspecified atom stereocenters. The van der Waals surface area contributed by atoms with Crippen LogP contribution in [-0.2, 0) is 17.1 Å². The largest absolute Gasteiger partial charge is 0.279 e. The molecule has 1 heterocycles. The van der Waals surface area contributed by atoms with Crippen molar-refractivity contribution >= 4 is 15.7 Å². The highest BCUT2D eigenvalue weighted by atomic mass is 32.2. The summed E-state index contributed by atoms with van der Waals surface area (Å²) in [6.07, 6.45) is 1.35. The third kappa shape index (κ3) is 2.56. The Morgan fingerprint density at radius 1 is 1.42 bits per heavy atom. The number of rotatable bonds is 3. The van der Waals surface area contributed by atoms with Crippen LogP contribution in [0.4, 0.5) is 10.1 Å². The van der Waals surface area contributed by atoms with Crippen molar-refractivity contribution in [3.63, 3.8) is 0 Å². The van der Waals surface area contributed by atoms with Gasteiger partial charge in [-0.25, -0.2) is 4.39 Å². The second-order valence-corrected chi connectivity index (χ2v) is 5.33. The first-order valence-electron chi connectivity index (χ1n) is 5.14. The van der Waals surface area contributed by atoms with Gasteiger partial charge in [-0.1, -0.05) is 0 Å². The van der Waals surface area contributed by atoms with Crippen molar-refractivity contribution in [2.45, 2.75) is 5.03 Å². The molecule has 0 saturated carbocycles. The Hall–Kier alpha value is -2.40. The van der Waals surface area contributed by atoms with Gasteiger partial charge in [-0.15, -0.1) is 0 Å². The van der Waals surface area contributed by atoms with Crippen LogP contribution >= 0.6 is 0 Å². The predicted octanol–water partition coefficient (Wildman–Crippen LogP) is 1.23. The molecule has 0 radical (unpaired) electrons. The van der Waals surface area contributed by atoms with Gasteiger partial charge in [0, 0.05) is 7.05 Å². The van der Waals surface area contributed by atoms with E-state index >= 15 is 0 Å². The van der Waals surface area contributed by atoms with E-state index < -0.39 is 15.8 Å². The zero-order chi connectivity index (χ0) is 14.0. The smallest absolute Gasteiger partial charge is 0.278 e. The van der Waals surface area contributed by atoms with Gasteiger partial charge >= 0.3 is 0 Å². The van der Waals surface area contributed by atoms with Crippen LogP contribution < -0.4 is 4.72 Å². The Balaban J connectivity index is 2.37. The fraction of sp³-hybridized carbons (Fsp3) is 0.0909. The lowest BCUT2D eigenvalue weighted by Gasteiger charge is -2.08. The van der Waals surface area contributed by atoms with Crippen LogP contribution in [0.3, 0.4) is 0 Å². The SMILES string of the molecule is Cn1nccc1S(=O)(=O)Nc1ccc(F)c(C#N)c1. The van der Waals surface area contributed by atoms with Crippen molar-refractivity contribution in [1.29, 1.82) is 5.26 Å². The second kappa shape index (κ2) is 4.70. The van der Waals surface area contributed by atoms with Crippen LogP contribution in [0.2, 0.25) is 0 Å². The van der Waals surface area contributed by atoms with E-state index in [0.29, 0.717) is 0 Å². The van der Waals surface area contributed by atoms with E-state index in [1.807, 2.05) is 0 Å². The number of hydrogen-bond donors (Lipinski definition) is 1. The summed E-state index contributed by atoms with van der Waals surface area (Å²) in [5.74, 6) is -0.703. The van der Waals surface area contributed by atoms with Gasteiger partial charge in [-0.3, -0.25) is 9.40 Å². The van der Waals surface area contributed by atoms with Crippen molar-refractivity contribution in [2.24, 2.45) is 7.05 Å². The Labute approximate surface area is 109 Å². The number of hydrogen-bond acceptors (Lipinski definition) is 4. The van der Waals surface area contributed by atoms with Gasteiger partial charge in [0.25, 0.3) is 10.0 Å². The number of benzene rings is 1. The van der Waals surface area contributed by atoms with Crippen LogP contribution in [0.15, 0.2) is 35.5 Å². The molecule has 6 nitrogen and oxygen atoms in total. The molecule has 0 aliphatic heterocycles. The summed E-state index contributed by atoms with van der Waals surface area (Å²) in [7, 11) is -2.33. The molecule has 19 heavy (non-hydrogen) atoms. The summed E-state index contributed by atoms with van der Waals surface area (Å²) in [6, 6.07) is 6.37. The molecule has 0 saturated heterocycles. The molecule has 1 N–H and O–H groups in total. The lowest BCUT2D eigenvalue weighted by molar-refractivity contribution is 0.582. The average molecular weight is 280 g/mol. The maximum absolute atomic E-state index is 13.1. The van der Waals surface area contributed by atoms with Gasteiger partial charge in [-0.05, 0) is 24.3 Å². The molecule has 0 aliphatic rings. The van der Waals surface area contributed by atoms with Crippen molar-refractivity contribution < 1.29 is 12.8 Å². The summed E-state index contributed by atoms with van der Waals surface area (Å²) in [6.45, 7) is 0. The number of halogens is 1. The standard InChI is InChI=1S/C11H9FN4O2S/c1-16-11(4-5-14-16)19(17,18)15-9-2-3-10(12)8(6-9)7-13/h2-6,15H,1H3. The molecule has 0 aliphatic carbocycles. The topological polar surface area (TPSA) is 87.8 Å². The number of nitrogens with zero attached hydrogens (tertiary/aromatic N) is 3. The molecule has 2 aromatic rings. The van der Waals surface area contributed by atoms with E-state index in [-0.39, 0.29) is 16.3 Å². The second-order valence-electron chi connectivity index (χ2n) is 3.70. The summed E-state index contributed by atoms with van der Waals surface area (Å²) in [5.41, 5.74) is -0.121. The maximum Gasteiger partial charge on any atom is 0.279 e. The van der Waals surface area contributed by atoms with Crippen molar-refractivity contribution in [1.82, 2.24) is 9.78 Å². The molecule has 98 valence electrons. The van der Waals surface area contributed by atoms with Gasteiger partial charge in [0.2, 0.25) is 0 Å². The lowest BCUT2D eigenvalue weighted by atomic mass is 10.2. The Morgan fingerprint density at radius 2 is 2.16 bits per heavy atom. The minimum absolute atomic E-state index is 0.0321. The zero-order valence-corrected chi connectivity index (χ0v) is 10.6. The van der Waals surface area contributed by atoms with E-state index in [2.05, 4.69) is 9.82 Å². The molecule has 0 atom stereocenters. The first kappa shape index (κ1) is 13.0. The number of sulfonamides is 1. The van der Waals surface area contributed by atoms with Gasteiger partial charge in [0.05, 0.1) is 17.4 Å². The monoisotopic (exact) mass is 280 g/mol. The molecule has 2 rings (SSSR count). The highest BCUT2D eigenvalue weighted by Crippen LogP contribution is 2.18. The summed E-state index contributed by atoms with van der Waals surface area (Å²) >= 11 is 0. The van der Waals surface area contributed by atoms with Crippen LogP contribution in [0.1, 0.15) is 5.56 Å². The third-order valence-corrected chi connectivity index (χ3v) is 3.85. The Morgan fingerprint density at radius 3 is 2.74 bits per heavy atom. The Bertz CT molecular complexity index is 761. The molecular weight excluding hydrogens is 271 g/mol. The quantitative estimate of drug-likeness (QED) is 0.916. The number of nitriles is 1. The molecule has 0 fully saturated rings. The van der Waals surface area contributed by atoms with Crippen LogP contribution in [-0.4, -0.2) is 18.2 Å². The number of nitrogens with one attached hydrogen (secondary N) is 1. The van der Waals surface area contributed by atoms with Gasteiger partial charge in [0.1, 0.15) is 11.9 Å². The van der Waals surface area contributed by atoms with E-state index in [9.17, 15) is 12.8 Å². The first-order chi connectivity index (χ1) is 8.94. The van der Waals surface area contributed by atoms with Gasteiger partial charge in [-0.2, -0.15) is 18.8 Å². The van der Waals surface area contributed by atoms with E-state index in [1.54, 1.807) is 6.07 Å².